The van der Waals surface area contributed by atoms with Gasteiger partial charge in [0, 0.05) is 35.8 Å². The highest BCUT2D eigenvalue weighted by Gasteiger charge is 2.19. The molecule has 196 valence electrons. The number of nitrogens with zero attached hydrogens (tertiary/aromatic N) is 2. The van der Waals surface area contributed by atoms with Crippen LogP contribution in [0.5, 0.6) is 11.5 Å². The van der Waals surface area contributed by atoms with E-state index in [4.69, 9.17) is 53.5 Å². The van der Waals surface area contributed by atoms with Gasteiger partial charge < -0.3 is 14.2 Å². The van der Waals surface area contributed by atoms with Gasteiger partial charge in [0.2, 0.25) is 5.90 Å². The van der Waals surface area contributed by atoms with Crippen molar-refractivity contribution in [1.29, 1.82) is 16.1 Å². The Labute approximate surface area is 230 Å². The van der Waals surface area contributed by atoms with Crippen molar-refractivity contribution >= 4 is 35.0 Å². The van der Waals surface area contributed by atoms with Gasteiger partial charge in [-0.3, -0.25) is 15.7 Å². The maximum absolute atomic E-state index is 15.3. The first-order valence-electron chi connectivity index (χ1n) is 11.8. The minimum atomic E-state index is -0.778. The average Bonchev–Trinajstić information content (AvgIpc) is 2.88. The number of benzene rings is 3. The number of rotatable bonds is 7. The highest BCUT2D eigenvalue weighted by Crippen LogP contribution is 2.35. The Hall–Kier alpha value is -3.48. The molecule has 1 saturated heterocycles. The van der Waals surface area contributed by atoms with Gasteiger partial charge in [-0.15, -0.1) is 0 Å². The summed E-state index contributed by atoms with van der Waals surface area (Å²) in [6.07, 6.45) is -0.227. The summed E-state index contributed by atoms with van der Waals surface area (Å²) >= 11 is 12.2. The normalized spacial score (nSPS) is 13.6. The highest BCUT2D eigenvalue weighted by molar-refractivity contribution is 6.32. The van der Waals surface area contributed by atoms with Gasteiger partial charge in [0.15, 0.2) is 17.5 Å². The molecule has 10 heteroatoms. The molecule has 0 bridgehead atoms. The van der Waals surface area contributed by atoms with Crippen molar-refractivity contribution in [2.75, 3.05) is 26.3 Å². The van der Waals surface area contributed by atoms with Gasteiger partial charge in [0.05, 0.1) is 36.3 Å². The van der Waals surface area contributed by atoms with Crippen molar-refractivity contribution in [2.45, 2.75) is 19.9 Å². The second kappa shape index (κ2) is 12.4. The first-order chi connectivity index (χ1) is 18.2. The summed E-state index contributed by atoms with van der Waals surface area (Å²) < 4.78 is 31.7. The van der Waals surface area contributed by atoms with E-state index in [1.807, 2.05) is 25.1 Å². The number of ether oxygens (including phenoxy) is 3. The van der Waals surface area contributed by atoms with E-state index in [0.717, 1.165) is 44.0 Å². The smallest absolute Gasteiger partial charge is 0.221 e. The minimum absolute atomic E-state index is 0.0118. The lowest BCUT2D eigenvalue weighted by Gasteiger charge is -2.26. The average molecular weight is 555 g/mol. The number of morpholine rings is 1. The molecule has 3 aromatic rings. The molecule has 0 aromatic heterocycles. The molecule has 1 heterocycles. The molecule has 0 atom stereocenters. The van der Waals surface area contributed by atoms with Crippen LogP contribution in [0, 0.1) is 34.9 Å². The van der Waals surface area contributed by atoms with Crippen molar-refractivity contribution in [3.05, 3.63) is 92.2 Å². The Morgan fingerprint density at radius 1 is 1.11 bits per heavy atom. The molecular weight excluding hydrogens is 530 g/mol. The number of aryl methyl sites for hydroxylation is 1. The predicted molar refractivity (Wildman–Crippen MR) is 144 cm³/mol. The zero-order valence-corrected chi connectivity index (χ0v) is 22.1. The molecule has 0 saturated carbocycles. The Morgan fingerprint density at radius 2 is 1.87 bits per heavy atom. The number of halogens is 3. The van der Waals surface area contributed by atoms with Crippen LogP contribution < -0.4 is 4.74 Å². The van der Waals surface area contributed by atoms with Crippen molar-refractivity contribution in [3.63, 3.8) is 0 Å². The third kappa shape index (κ3) is 6.88. The number of nitriles is 1. The third-order valence-electron chi connectivity index (χ3n) is 5.97. The lowest BCUT2D eigenvalue weighted by atomic mass is 10.0. The molecular formula is C28H25Cl2FN4O3. The minimum Gasteiger partial charge on any atom is -0.453 e. The molecule has 0 unspecified atom stereocenters. The van der Waals surface area contributed by atoms with Gasteiger partial charge in [0.25, 0.3) is 0 Å². The Morgan fingerprint density at radius 3 is 2.58 bits per heavy atom. The fourth-order valence-corrected chi connectivity index (χ4v) is 4.50. The highest BCUT2D eigenvalue weighted by atomic mass is 35.5. The summed E-state index contributed by atoms with van der Waals surface area (Å²) in [5.41, 5.74) is 2.87. The van der Waals surface area contributed by atoms with E-state index in [2.05, 4.69) is 4.90 Å². The second-order valence-electron chi connectivity index (χ2n) is 8.81. The molecule has 1 fully saturated rings. The van der Waals surface area contributed by atoms with Gasteiger partial charge in [-0.1, -0.05) is 41.4 Å². The van der Waals surface area contributed by atoms with Crippen molar-refractivity contribution < 1.29 is 18.6 Å². The van der Waals surface area contributed by atoms with E-state index >= 15 is 4.39 Å². The van der Waals surface area contributed by atoms with Crippen LogP contribution in [0.25, 0.3) is 0 Å². The lowest BCUT2D eigenvalue weighted by Crippen LogP contribution is -2.35. The van der Waals surface area contributed by atoms with Crippen molar-refractivity contribution in [2.24, 2.45) is 0 Å². The molecule has 2 N–H and O–H groups in total. The van der Waals surface area contributed by atoms with Crippen LogP contribution in [-0.4, -0.2) is 43.0 Å². The van der Waals surface area contributed by atoms with Gasteiger partial charge in [0.1, 0.15) is 5.75 Å². The largest absolute Gasteiger partial charge is 0.453 e. The molecule has 0 aliphatic carbocycles. The van der Waals surface area contributed by atoms with Gasteiger partial charge >= 0.3 is 0 Å². The molecule has 0 amide bonds. The van der Waals surface area contributed by atoms with E-state index < -0.39 is 5.82 Å². The molecule has 3 aromatic carbocycles. The standard InChI is InChI=1S/C28H25Cl2FN4O3/c1-17-10-18(16-35-6-8-36-9-7-35)2-4-23(17)28(34)38-25(33)13-20-3-5-24(30)27(26(20)31)37-22-12-19(15-32)11-21(29)14-22/h2-5,10-12,14,33-34H,6-9,13,16H2,1H3. The number of nitrogens with one attached hydrogen (secondary N) is 2. The Balaban J connectivity index is 1.43. The first kappa shape index (κ1) is 27.6. The van der Waals surface area contributed by atoms with Crippen LogP contribution in [0.15, 0.2) is 48.5 Å². The molecule has 7 nitrogen and oxygen atoms in total. The number of hydrogen-bond donors (Lipinski definition) is 2. The molecule has 1 aliphatic rings. The van der Waals surface area contributed by atoms with Crippen LogP contribution in [0.3, 0.4) is 0 Å². The maximum atomic E-state index is 15.3. The van der Waals surface area contributed by atoms with E-state index in [1.165, 1.54) is 30.3 Å². The fourth-order valence-electron chi connectivity index (χ4n) is 4.09. The van der Waals surface area contributed by atoms with Gasteiger partial charge in [-0.05, 0) is 48.4 Å². The molecule has 1 aliphatic heterocycles. The van der Waals surface area contributed by atoms with Crippen molar-refractivity contribution in [1.82, 2.24) is 4.90 Å². The molecule has 38 heavy (non-hydrogen) atoms. The number of hydrogen-bond acceptors (Lipinski definition) is 7. The van der Waals surface area contributed by atoms with E-state index in [1.54, 1.807) is 6.07 Å². The van der Waals surface area contributed by atoms with Crippen LogP contribution in [0.1, 0.15) is 27.8 Å². The second-order valence-corrected chi connectivity index (χ2v) is 9.65. The van der Waals surface area contributed by atoms with E-state index in [9.17, 15) is 0 Å². The fraction of sp³-hybridized carbons (Fsp3) is 0.250. The van der Waals surface area contributed by atoms with Crippen molar-refractivity contribution in [3.8, 4) is 17.6 Å². The van der Waals surface area contributed by atoms with E-state index in [-0.39, 0.29) is 50.9 Å². The third-order valence-corrected chi connectivity index (χ3v) is 6.49. The zero-order valence-electron chi connectivity index (χ0n) is 20.6. The quantitative estimate of drug-likeness (QED) is 0.256. The molecule has 0 radical (unpaired) electrons. The summed E-state index contributed by atoms with van der Waals surface area (Å²) in [6.45, 7) is 5.89. The molecule has 4 rings (SSSR count). The first-order valence-corrected chi connectivity index (χ1v) is 12.6. The zero-order chi connectivity index (χ0) is 27.2. The van der Waals surface area contributed by atoms with Crippen LogP contribution in [0.2, 0.25) is 10.0 Å². The monoisotopic (exact) mass is 554 g/mol. The van der Waals surface area contributed by atoms with E-state index in [0.29, 0.717) is 5.56 Å². The Bertz CT molecular complexity index is 1420. The summed E-state index contributed by atoms with van der Waals surface area (Å²) in [4.78, 5) is 2.31. The van der Waals surface area contributed by atoms with Gasteiger partial charge in [-0.25, -0.2) is 4.39 Å². The topological polar surface area (TPSA) is 102 Å². The molecule has 0 spiro atoms. The lowest BCUT2D eigenvalue weighted by molar-refractivity contribution is 0.0342. The SMILES string of the molecule is Cc1cc(CN2CCOCC2)ccc1C(=N)OC(=N)Cc1ccc(Cl)c(Oc2cc(Cl)cc(C#N)c2)c1F. The Kier molecular flexibility index (Phi) is 8.97. The summed E-state index contributed by atoms with van der Waals surface area (Å²) in [5, 5.41) is 26.0. The van der Waals surface area contributed by atoms with Crippen LogP contribution in [0.4, 0.5) is 4.39 Å². The van der Waals surface area contributed by atoms with Gasteiger partial charge in [-0.2, -0.15) is 5.26 Å². The van der Waals surface area contributed by atoms with Crippen LogP contribution in [-0.2, 0) is 22.4 Å². The summed E-state index contributed by atoms with van der Waals surface area (Å²) in [7, 11) is 0. The summed E-state index contributed by atoms with van der Waals surface area (Å²) in [6, 6.07) is 14.9. The summed E-state index contributed by atoms with van der Waals surface area (Å²) in [5.74, 6) is -1.40. The van der Waals surface area contributed by atoms with Crippen LogP contribution >= 0.6 is 23.2 Å². The maximum Gasteiger partial charge on any atom is 0.221 e. The predicted octanol–water partition coefficient (Wildman–Crippen LogP) is 6.50.